The van der Waals surface area contributed by atoms with Crippen molar-refractivity contribution >= 4 is 5.97 Å². The second-order valence-electron chi connectivity index (χ2n) is 2.28. The molecule has 0 heterocycles. The van der Waals surface area contributed by atoms with E-state index in [0.717, 1.165) is 0 Å². The first kappa shape index (κ1) is 9.43. The first-order valence-electron chi connectivity index (χ1n) is 3.39. The van der Waals surface area contributed by atoms with Gasteiger partial charge in [0.25, 0.3) is 0 Å². The molecule has 0 amide bonds. The summed E-state index contributed by atoms with van der Waals surface area (Å²) in [5, 5.41) is 9.01. The van der Waals surface area contributed by atoms with Crippen molar-refractivity contribution in [2.24, 2.45) is 5.92 Å². The summed E-state index contributed by atoms with van der Waals surface area (Å²) in [4.78, 5) is 10.8. The molecule has 0 aliphatic rings. The van der Waals surface area contributed by atoms with Crippen molar-refractivity contribution in [2.45, 2.75) is 26.4 Å². The Bertz CT molecular complexity index is 109. The maximum absolute atomic E-state index is 10.8. The van der Waals surface area contributed by atoms with Gasteiger partial charge in [-0.2, -0.15) is 0 Å². The summed E-state index contributed by atoms with van der Waals surface area (Å²) in [6.45, 7) is 3.43. The fourth-order valence-corrected chi connectivity index (χ4v) is 0.856. The predicted molar refractivity (Wildman–Crippen MR) is 37.5 cm³/mol. The summed E-state index contributed by atoms with van der Waals surface area (Å²) in [6.07, 6.45) is 0.00194. The van der Waals surface area contributed by atoms with Gasteiger partial charge in [0.05, 0.1) is 19.1 Å². The molecule has 0 spiro atoms. The molecule has 1 unspecified atom stereocenters. The highest BCUT2D eigenvalue weighted by atomic mass is 16.5. The molecular formula is C7H14O3. The summed E-state index contributed by atoms with van der Waals surface area (Å²) in [6, 6.07) is 0. The fourth-order valence-electron chi connectivity index (χ4n) is 0.856. The maximum Gasteiger partial charge on any atom is 0.311 e. The van der Waals surface area contributed by atoms with Crippen molar-refractivity contribution in [3.63, 3.8) is 0 Å². The highest BCUT2D eigenvalue weighted by molar-refractivity contribution is 5.72. The predicted octanol–water partition coefficient (Wildman–Crippen LogP) is 0.566. The molecule has 0 radical (unpaired) electrons. The van der Waals surface area contributed by atoms with Crippen LogP contribution >= 0.6 is 0 Å². The van der Waals surface area contributed by atoms with Crippen LogP contribution in [0.25, 0.3) is 0 Å². The molecule has 0 rings (SSSR count). The van der Waals surface area contributed by atoms with Crippen molar-refractivity contribution in [2.75, 3.05) is 7.11 Å². The Morgan fingerprint density at radius 1 is 1.70 bits per heavy atom. The van der Waals surface area contributed by atoms with Gasteiger partial charge in [-0.3, -0.25) is 4.79 Å². The Morgan fingerprint density at radius 2 is 2.20 bits per heavy atom. The number of carbonyl (C=O) groups excluding carboxylic acids is 1. The van der Waals surface area contributed by atoms with Crippen molar-refractivity contribution in [3.05, 3.63) is 0 Å². The number of carbonyl (C=O) groups is 1. The van der Waals surface area contributed by atoms with Crippen LogP contribution in [0.5, 0.6) is 0 Å². The van der Waals surface area contributed by atoms with Crippen LogP contribution in [0.3, 0.4) is 0 Å². The van der Waals surface area contributed by atoms with Gasteiger partial charge >= 0.3 is 5.97 Å². The number of ether oxygens (including phenoxy) is 1. The van der Waals surface area contributed by atoms with Gasteiger partial charge in [0.15, 0.2) is 0 Å². The summed E-state index contributed by atoms with van der Waals surface area (Å²) in [7, 11) is 1.33. The molecule has 0 fully saturated rings. The van der Waals surface area contributed by atoms with E-state index in [4.69, 9.17) is 5.11 Å². The lowest BCUT2D eigenvalue weighted by molar-refractivity contribution is -0.149. The normalized spacial score (nSPS) is 16.0. The van der Waals surface area contributed by atoms with Crippen LogP contribution in [0.4, 0.5) is 0 Å². The number of hydrogen-bond donors (Lipinski definition) is 1. The molecule has 0 aromatic rings. The first-order valence-corrected chi connectivity index (χ1v) is 3.39. The molecular weight excluding hydrogens is 132 g/mol. The van der Waals surface area contributed by atoms with Crippen LogP contribution in [0, 0.1) is 5.92 Å². The second kappa shape index (κ2) is 4.28. The zero-order chi connectivity index (χ0) is 8.15. The molecule has 0 aromatic carbocycles. The molecule has 2 atom stereocenters. The van der Waals surface area contributed by atoms with Crippen LogP contribution < -0.4 is 0 Å². The number of hydrogen-bond acceptors (Lipinski definition) is 3. The van der Waals surface area contributed by atoms with E-state index in [-0.39, 0.29) is 11.9 Å². The molecule has 0 aromatic heterocycles. The molecule has 0 aliphatic heterocycles. The Balaban J connectivity index is 3.93. The Morgan fingerprint density at radius 3 is 2.30 bits per heavy atom. The van der Waals surface area contributed by atoms with Crippen LogP contribution in [-0.2, 0) is 9.53 Å². The summed E-state index contributed by atoms with van der Waals surface area (Å²) in [5.74, 6) is -0.706. The van der Waals surface area contributed by atoms with Gasteiger partial charge in [-0.1, -0.05) is 6.92 Å². The molecule has 3 heteroatoms. The van der Waals surface area contributed by atoms with Crippen LogP contribution in [0.2, 0.25) is 0 Å². The van der Waals surface area contributed by atoms with Gasteiger partial charge in [-0.15, -0.1) is 0 Å². The van der Waals surface area contributed by atoms with E-state index in [1.54, 1.807) is 6.92 Å². The molecule has 0 aliphatic carbocycles. The number of methoxy groups -OCH3 is 1. The topological polar surface area (TPSA) is 46.5 Å². The summed E-state index contributed by atoms with van der Waals surface area (Å²) in [5.41, 5.74) is 0. The Hall–Kier alpha value is -0.570. The average Bonchev–Trinajstić information content (AvgIpc) is 1.88. The molecule has 1 N–H and O–H groups in total. The van der Waals surface area contributed by atoms with Gasteiger partial charge in [0, 0.05) is 0 Å². The molecule has 0 bridgehead atoms. The van der Waals surface area contributed by atoms with Gasteiger partial charge in [0.1, 0.15) is 0 Å². The number of aliphatic hydroxyl groups excluding tert-OH is 1. The minimum absolute atomic E-state index is 0.336. The fraction of sp³-hybridized carbons (Fsp3) is 0.857. The molecule has 0 saturated carbocycles. The summed E-state index contributed by atoms with van der Waals surface area (Å²) < 4.78 is 4.47. The van der Waals surface area contributed by atoms with Gasteiger partial charge in [-0.25, -0.2) is 0 Å². The van der Waals surface area contributed by atoms with E-state index in [2.05, 4.69) is 4.74 Å². The SMILES string of the molecule is CCC(C(=O)OC)[C@@H](C)O. The lowest BCUT2D eigenvalue weighted by atomic mass is 10.0. The number of esters is 1. The maximum atomic E-state index is 10.8. The highest BCUT2D eigenvalue weighted by Crippen LogP contribution is 2.09. The van der Waals surface area contributed by atoms with Crippen molar-refractivity contribution in [3.8, 4) is 0 Å². The Kier molecular flexibility index (Phi) is 4.03. The van der Waals surface area contributed by atoms with E-state index >= 15 is 0 Å². The first-order chi connectivity index (χ1) is 4.63. The standard InChI is InChI=1S/C7H14O3/c1-4-6(5(2)8)7(9)10-3/h5-6,8H,4H2,1-3H3/t5-,6?/m1/s1. The minimum atomic E-state index is -0.613. The quantitative estimate of drug-likeness (QED) is 0.592. The smallest absolute Gasteiger partial charge is 0.311 e. The number of aliphatic hydroxyl groups is 1. The van der Waals surface area contributed by atoms with Crippen LogP contribution in [-0.4, -0.2) is 24.3 Å². The third kappa shape index (κ3) is 2.35. The van der Waals surface area contributed by atoms with Crippen molar-refractivity contribution in [1.82, 2.24) is 0 Å². The van der Waals surface area contributed by atoms with E-state index < -0.39 is 6.10 Å². The van der Waals surface area contributed by atoms with E-state index in [1.165, 1.54) is 7.11 Å². The zero-order valence-corrected chi connectivity index (χ0v) is 6.63. The average molecular weight is 146 g/mol. The molecule has 0 saturated heterocycles. The van der Waals surface area contributed by atoms with Crippen molar-refractivity contribution in [1.29, 1.82) is 0 Å². The summed E-state index contributed by atoms with van der Waals surface area (Å²) >= 11 is 0. The minimum Gasteiger partial charge on any atom is -0.469 e. The second-order valence-corrected chi connectivity index (χ2v) is 2.28. The lowest BCUT2D eigenvalue weighted by Crippen LogP contribution is -2.26. The van der Waals surface area contributed by atoms with Gasteiger partial charge in [-0.05, 0) is 13.3 Å². The Labute approximate surface area is 61.0 Å². The van der Waals surface area contributed by atoms with E-state index in [0.29, 0.717) is 6.42 Å². The van der Waals surface area contributed by atoms with Gasteiger partial charge < -0.3 is 9.84 Å². The van der Waals surface area contributed by atoms with Gasteiger partial charge in [0.2, 0.25) is 0 Å². The van der Waals surface area contributed by atoms with E-state index in [1.807, 2.05) is 6.92 Å². The molecule has 60 valence electrons. The van der Waals surface area contributed by atoms with Crippen LogP contribution in [0.15, 0.2) is 0 Å². The lowest BCUT2D eigenvalue weighted by Gasteiger charge is -2.14. The highest BCUT2D eigenvalue weighted by Gasteiger charge is 2.21. The van der Waals surface area contributed by atoms with Crippen molar-refractivity contribution < 1.29 is 14.6 Å². The van der Waals surface area contributed by atoms with E-state index in [9.17, 15) is 4.79 Å². The molecule has 10 heavy (non-hydrogen) atoms. The number of rotatable bonds is 3. The van der Waals surface area contributed by atoms with Crippen LogP contribution in [0.1, 0.15) is 20.3 Å². The monoisotopic (exact) mass is 146 g/mol. The third-order valence-corrected chi connectivity index (χ3v) is 1.53. The zero-order valence-electron chi connectivity index (χ0n) is 6.63. The third-order valence-electron chi connectivity index (χ3n) is 1.53. The largest absolute Gasteiger partial charge is 0.469 e. The molecule has 3 nitrogen and oxygen atoms in total.